The van der Waals surface area contributed by atoms with Gasteiger partial charge >= 0.3 is 18.2 Å². The van der Waals surface area contributed by atoms with Crippen LogP contribution in [-0.2, 0) is 25.5 Å². The SMILES string of the molecule is CC(C)C[C@H](NC(=O)OCC1c2ccccc2-c2ccccc21)C(=O)N(NC(=O)OC(C)(C)C)[C@H](Cc1ccccc1)C(=O)O. The van der Waals surface area contributed by atoms with Gasteiger partial charge in [0.2, 0.25) is 0 Å². The van der Waals surface area contributed by atoms with E-state index in [-0.39, 0.29) is 31.3 Å². The number of benzene rings is 3. The van der Waals surface area contributed by atoms with Crippen molar-refractivity contribution in [2.75, 3.05) is 6.61 Å². The zero-order valence-corrected chi connectivity index (χ0v) is 26.3. The van der Waals surface area contributed by atoms with Crippen LogP contribution >= 0.6 is 0 Å². The second kappa shape index (κ2) is 14.3. The van der Waals surface area contributed by atoms with E-state index in [1.807, 2.05) is 62.4 Å². The second-order valence-corrected chi connectivity index (χ2v) is 12.5. The lowest BCUT2D eigenvalue weighted by Crippen LogP contribution is -2.61. The minimum atomic E-state index is -1.49. The number of fused-ring (bicyclic) bond motifs is 3. The number of carboxylic acids is 1. The average molecular weight is 616 g/mol. The van der Waals surface area contributed by atoms with E-state index >= 15 is 0 Å². The standard InChI is InChI=1S/C35H41N3O7/c1-22(2)19-29(36-33(42)44-21-28-26-17-11-9-15-24(26)25-16-10-12-18-27(25)28)31(39)38(37-34(43)45-35(3,4)5)30(32(40)41)20-23-13-7-6-8-14-23/h6-18,22,28-30H,19-21H2,1-5H3,(H,36,42)(H,37,43)(H,40,41)/t29-,30+/m0/s1. The van der Waals surface area contributed by atoms with Gasteiger partial charge in [-0.05, 0) is 60.9 Å². The maximum absolute atomic E-state index is 14.1. The Bertz CT molecular complexity index is 1470. The van der Waals surface area contributed by atoms with Crippen molar-refractivity contribution in [3.05, 3.63) is 95.6 Å². The molecule has 4 rings (SSSR count). The van der Waals surface area contributed by atoms with Crippen molar-refractivity contribution in [1.29, 1.82) is 0 Å². The van der Waals surface area contributed by atoms with Gasteiger partial charge in [-0.25, -0.2) is 24.8 Å². The number of amides is 3. The van der Waals surface area contributed by atoms with Gasteiger partial charge in [-0.1, -0.05) is 92.7 Å². The summed E-state index contributed by atoms with van der Waals surface area (Å²) in [6.45, 7) is 8.72. The highest BCUT2D eigenvalue weighted by Crippen LogP contribution is 2.44. The molecule has 0 heterocycles. The lowest BCUT2D eigenvalue weighted by atomic mass is 9.98. The van der Waals surface area contributed by atoms with Crippen LogP contribution in [0.5, 0.6) is 0 Å². The zero-order valence-electron chi connectivity index (χ0n) is 26.3. The third-order valence-electron chi connectivity index (χ3n) is 7.36. The van der Waals surface area contributed by atoms with E-state index in [1.54, 1.807) is 51.1 Å². The molecule has 10 heteroatoms. The van der Waals surface area contributed by atoms with Gasteiger partial charge in [-0.3, -0.25) is 4.79 Å². The fourth-order valence-corrected chi connectivity index (χ4v) is 5.46. The Morgan fingerprint density at radius 3 is 1.93 bits per heavy atom. The molecule has 3 aromatic rings. The molecule has 0 aromatic heterocycles. The molecule has 0 unspecified atom stereocenters. The highest BCUT2D eigenvalue weighted by Gasteiger charge is 2.38. The van der Waals surface area contributed by atoms with Crippen molar-refractivity contribution in [3.63, 3.8) is 0 Å². The Morgan fingerprint density at radius 2 is 1.40 bits per heavy atom. The number of hydrogen-bond donors (Lipinski definition) is 3. The fraction of sp³-hybridized carbons (Fsp3) is 0.371. The van der Waals surface area contributed by atoms with E-state index in [0.29, 0.717) is 5.56 Å². The summed E-state index contributed by atoms with van der Waals surface area (Å²) in [7, 11) is 0. The molecule has 0 saturated heterocycles. The maximum atomic E-state index is 14.1. The molecule has 0 spiro atoms. The smallest absolute Gasteiger partial charge is 0.426 e. The van der Waals surface area contributed by atoms with Crippen LogP contribution in [0.4, 0.5) is 9.59 Å². The van der Waals surface area contributed by atoms with Crippen molar-refractivity contribution < 1.29 is 33.8 Å². The van der Waals surface area contributed by atoms with Crippen LogP contribution in [0, 0.1) is 5.92 Å². The molecule has 1 aliphatic carbocycles. The fourth-order valence-electron chi connectivity index (χ4n) is 5.46. The molecule has 45 heavy (non-hydrogen) atoms. The molecule has 3 aromatic carbocycles. The molecule has 3 N–H and O–H groups in total. The minimum Gasteiger partial charge on any atom is -0.480 e. The Morgan fingerprint density at radius 1 is 0.844 bits per heavy atom. The molecular weight excluding hydrogens is 574 g/mol. The summed E-state index contributed by atoms with van der Waals surface area (Å²) in [5.41, 5.74) is 6.32. The highest BCUT2D eigenvalue weighted by molar-refractivity contribution is 5.90. The number of hydrogen-bond acceptors (Lipinski definition) is 6. The van der Waals surface area contributed by atoms with Gasteiger partial charge in [0, 0.05) is 12.3 Å². The second-order valence-electron chi connectivity index (χ2n) is 12.5. The topological polar surface area (TPSA) is 134 Å². The summed E-state index contributed by atoms with van der Waals surface area (Å²) in [4.78, 5) is 52.7. The normalized spacial score (nSPS) is 13.6. The third-order valence-corrected chi connectivity index (χ3v) is 7.36. The molecule has 0 radical (unpaired) electrons. The van der Waals surface area contributed by atoms with Gasteiger partial charge in [0.25, 0.3) is 5.91 Å². The van der Waals surface area contributed by atoms with Crippen molar-refractivity contribution in [2.24, 2.45) is 5.92 Å². The summed E-state index contributed by atoms with van der Waals surface area (Å²) in [6, 6.07) is 21.9. The van der Waals surface area contributed by atoms with Gasteiger partial charge in [0.15, 0.2) is 6.04 Å². The molecule has 0 aliphatic heterocycles. The Kier molecular flexibility index (Phi) is 10.5. The summed E-state index contributed by atoms with van der Waals surface area (Å²) < 4.78 is 11.0. The van der Waals surface area contributed by atoms with Crippen LogP contribution in [0.15, 0.2) is 78.9 Å². The van der Waals surface area contributed by atoms with Crippen LogP contribution in [0.25, 0.3) is 11.1 Å². The Balaban J connectivity index is 1.55. The Hall–Kier alpha value is -4.86. The van der Waals surface area contributed by atoms with Crippen LogP contribution in [0.1, 0.15) is 63.6 Å². The molecule has 1 aliphatic rings. The molecule has 3 amide bonds. The first kappa shape index (κ1) is 33.0. The lowest BCUT2D eigenvalue weighted by Gasteiger charge is -2.33. The number of ether oxygens (including phenoxy) is 2. The van der Waals surface area contributed by atoms with E-state index in [1.165, 1.54) is 0 Å². The number of carbonyl (C=O) groups excluding carboxylic acids is 3. The van der Waals surface area contributed by atoms with E-state index in [4.69, 9.17) is 9.47 Å². The Labute approximate surface area is 263 Å². The van der Waals surface area contributed by atoms with E-state index in [9.17, 15) is 24.3 Å². The minimum absolute atomic E-state index is 0.0358. The third kappa shape index (κ3) is 8.62. The van der Waals surface area contributed by atoms with Crippen LogP contribution in [-0.4, -0.2) is 58.5 Å². The first-order chi connectivity index (χ1) is 21.3. The van der Waals surface area contributed by atoms with Crippen molar-refractivity contribution in [3.8, 4) is 11.1 Å². The lowest BCUT2D eigenvalue weighted by molar-refractivity contribution is -0.154. The maximum Gasteiger partial charge on any atom is 0.426 e. The van der Waals surface area contributed by atoms with Gasteiger partial charge in [-0.15, -0.1) is 0 Å². The van der Waals surface area contributed by atoms with E-state index in [2.05, 4.69) is 10.7 Å². The largest absolute Gasteiger partial charge is 0.480 e. The molecule has 238 valence electrons. The summed E-state index contributed by atoms with van der Waals surface area (Å²) in [6.07, 6.45) is -1.77. The monoisotopic (exact) mass is 615 g/mol. The van der Waals surface area contributed by atoms with Crippen LogP contribution in [0.3, 0.4) is 0 Å². The number of hydrazine groups is 1. The highest BCUT2D eigenvalue weighted by atomic mass is 16.6. The number of nitrogens with zero attached hydrogens (tertiary/aromatic N) is 1. The average Bonchev–Trinajstić information content (AvgIpc) is 3.30. The number of aliphatic carboxylic acids is 1. The summed E-state index contributed by atoms with van der Waals surface area (Å²) in [5.74, 6) is -2.41. The summed E-state index contributed by atoms with van der Waals surface area (Å²) >= 11 is 0. The molecule has 0 fully saturated rings. The van der Waals surface area contributed by atoms with Crippen LogP contribution in [0.2, 0.25) is 0 Å². The molecule has 0 bridgehead atoms. The number of rotatable bonds is 10. The van der Waals surface area contributed by atoms with Crippen molar-refractivity contribution >= 4 is 24.1 Å². The van der Waals surface area contributed by atoms with Crippen LogP contribution < -0.4 is 10.7 Å². The number of alkyl carbamates (subject to hydrolysis) is 1. The molecule has 2 atom stereocenters. The van der Waals surface area contributed by atoms with Crippen molar-refractivity contribution in [1.82, 2.24) is 15.8 Å². The zero-order chi connectivity index (χ0) is 32.7. The summed E-state index contributed by atoms with van der Waals surface area (Å²) in [5, 5.41) is 13.6. The number of carbonyl (C=O) groups is 4. The van der Waals surface area contributed by atoms with E-state index in [0.717, 1.165) is 27.3 Å². The number of carboxylic acid groups (broad SMARTS) is 1. The molecule has 0 saturated carbocycles. The van der Waals surface area contributed by atoms with Gasteiger partial charge in [0.05, 0.1) is 0 Å². The predicted molar refractivity (Wildman–Crippen MR) is 169 cm³/mol. The number of nitrogens with one attached hydrogen (secondary N) is 2. The van der Waals surface area contributed by atoms with Gasteiger partial charge in [-0.2, -0.15) is 0 Å². The first-order valence-electron chi connectivity index (χ1n) is 15.0. The van der Waals surface area contributed by atoms with Gasteiger partial charge < -0.3 is 19.9 Å². The predicted octanol–water partition coefficient (Wildman–Crippen LogP) is 5.90. The molecular formula is C35H41N3O7. The van der Waals surface area contributed by atoms with E-state index < -0.39 is 41.7 Å². The molecule has 10 nitrogen and oxygen atoms in total. The quantitative estimate of drug-likeness (QED) is 0.242. The first-order valence-corrected chi connectivity index (χ1v) is 15.0. The van der Waals surface area contributed by atoms with Gasteiger partial charge in [0.1, 0.15) is 18.2 Å². The van der Waals surface area contributed by atoms with Crippen molar-refractivity contribution in [2.45, 2.75) is 71.1 Å².